The van der Waals surface area contributed by atoms with Crippen LogP contribution >= 0.6 is 0 Å². The van der Waals surface area contributed by atoms with Crippen LogP contribution in [-0.2, 0) is 18.9 Å². The summed E-state index contributed by atoms with van der Waals surface area (Å²) in [5, 5.41) is 6.39. The Morgan fingerprint density at radius 3 is 1.57 bits per heavy atom. The molecule has 0 aromatic carbocycles. The molecule has 1 unspecified atom stereocenters. The summed E-state index contributed by atoms with van der Waals surface area (Å²) in [5.41, 5.74) is 0. The van der Waals surface area contributed by atoms with Crippen molar-refractivity contribution in [2.45, 2.75) is 26.3 Å². The van der Waals surface area contributed by atoms with Crippen molar-refractivity contribution in [3.8, 4) is 0 Å². The smallest absolute Gasteiger partial charge is 0.0701 e. The van der Waals surface area contributed by atoms with Crippen molar-refractivity contribution in [3.63, 3.8) is 0 Å². The van der Waals surface area contributed by atoms with Crippen LogP contribution in [0, 0.1) is 0 Å². The fraction of sp³-hybridized carbons (Fsp3) is 1.00. The van der Waals surface area contributed by atoms with E-state index in [-0.39, 0.29) is 0 Å². The summed E-state index contributed by atoms with van der Waals surface area (Å²) < 4.78 is 21.6. The van der Waals surface area contributed by atoms with E-state index in [9.17, 15) is 0 Å². The Morgan fingerprint density at radius 1 is 0.714 bits per heavy atom. The SMILES string of the molecule is CCC(C)NCCOCCOCCOCCOCCNC. The lowest BCUT2D eigenvalue weighted by molar-refractivity contribution is -0.00111. The lowest BCUT2D eigenvalue weighted by Gasteiger charge is -2.11. The molecule has 0 saturated heterocycles. The van der Waals surface area contributed by atoms with Crippen LogP contribution in [0.5, 0.6) is 0 Å². The molecule has 0 amide bonds. The van der Waals surface area contributed by atoms with Crippen molar-refractivity contribution in [1.82, 2.24) is 10.6 Å². The first-order valence-electron chi connectivity index (χ1n) is 8.00. The first kappa shape index (κ1) is 20.8. The molecule has 0 aliphatic heterocycles. The minimum Gasteiger partial charge on any atom is -0.378 e. The summed E-state index contributed by atoms with van der Waals surface area (Å²) in [6, 6.07) is 0.559. The first-order chi connectivity index (χ1) is 10.3. The molecule has 0 rings (SSSR count). The summed E-state index contributed by atoms with van der Waals surface area (Å²) in [6.45, 7) is 11.3. The highest BCUT2D eigenvalue weighted by Crippen LogP contribution is 1.86. The third-order valence-corrected chi connectivity index (χ3v) is 2.96. The molecule has 6 nitrogen and oxygen atoms in total. The molecule has 0 heterocycles. The summed E-state index contributed by atoms with van der Waals surface area (Å²) in [6.07, 6.45) is 1.14. The molecule has 0 spiro atoms. The fourth-order valence-corrected chi connectivity index (χ4v) is 1.46. The molecule has 0 aromatic heterocycles. The van der Waals surface area contributed by atoms with Gasteiger partial charge in [0.25, 0.3) is 0 Å². The van der Waals surface area contributed by atoms with Gasteiger partial charge in [-0.3, -0.25) is 0 Å². The number of nitrogens with one attached hydrogen (secondary N) is 2. The number of rotatable bonds is 17. The van der Waals surface area contributed by atoms with E-state index in [1.807, 2.05) is 7.05 Å². The van der Waals surface area contributed by atoms with Gasteiger partial charge in [0.2, 0.25) is 0 Å². The third-order valence-electron chi connectivity index (χ3n) is 2.96. The van der Waals surface area contributed by atoms with Gasteiger partial charge in [-0.15, -0.1) is 0 Å². The number of hydrogen-bond acceptors (Lipinski definition) is 6. The van der Waals surface area contributed by atoms with Crippen LogP contribution in [0.15, 0.2) is 0 Å². The maximum atomic E-state index is 5.46. The molecule has 0 aliphatic carbocycles. The molecule has 0 aromatic rings. The zero-order valence-corrected chi connectivity index (χ0v) is 14.0. The van der Waals surface area contributed by atoms with Gasteiger partial charge in [-0.05, 0) is 20.4 Å². The van der Waals surface area contributed by atoms with Crippen molar-refractivity contribution in [3.05, 3.63) is 0 Å². The molecule has 2 N–H and O–H groups in total. The lowest BCUT2D eigenvalue weighted by atomic mass is 10.3. The summed E-state index contributed by atoms with van der Waals surface area (Å²) >= 11 is 0. The van der Waals surface area contributed by atoms with Gasteiger partial charge < -0.3 is 29.6 Å². The highest BCUT2D eigenvalue weighted by Gasteiger charge is 1.96. The Kier molecular flexibility index (Phi) is 17.6. The van der Waals surface area contributed by atoms with E-state index in [0.717, 1.165) is 32.7 Å². The second kappa shape index (κ2) is 17.8. The van der Waals surface area contributed by atoms with Crippen molar-refractivity contribution in [1.29, 1.82) is 0 Å². The van der Waals surface area contributed by atoms with E-state index in [1.54, 1.807) is 0 Å². The van der Waals surface area contributed by atoms with Gasteiger partial charge in [-0.2, -0.15) is 0 Å². The lowest BCUT2D eigenvalue weighted by Crippen LogP contribution is -2.29. The van der Waals surface area contributed by atoms with Gasteiger partial charge in [0, 0.05) is 19.1 Å². The second-order valence-corrected chi connectivity index (χ2v) is 4.82. The van der Waals surface area contributed by atoms with Crippen molar-refractivity contribution in [2.24, 2.45) is 0 Å². The van der Waals surface area contributed by atoms with Crippen LogP contribution in [0.2, 0.25) is 0 Å². The van der Waals surface area contributed by atoms with Gasteiger partial charge in [0.1, 0.15) is 0 Å². The van der Waals surface area contributed by atoms with Crippen LogP contribution in [0.3, 0.4) is 0 Å². The number of ether oxygens (including phenoxy) is 4. The predicted octanol–water partition coefficient (Wildman–Crippen LogP) is 0.660. The highest BCUT2D eigenvalue weighted by molar-refractivity contribution is 4.56. The zero-order valence-electron chi connectivity index (χ0n) is 14.0. The summed E-state index contributed by atoms with van der Waals surface area (Å²) in [4.78, 5) is 0. The fourth-order valence-electron chi connectivity index (χ4n) is 1.46. The summed E-state index contributed by atoms with van der Waals surface area (Å²) in [5.74, 6) is 0. The van der Waals surface area contributed by atoms with E-state index in [2.05, 4.69) is 24.5 Å². The van der Waals surface area contributed by atoms with Crippen LogP contribution in [0.25, 0.3) is 0 Å². The molecule has 6 heteroatoms. The minimum absolute atomic E-state index is 0.559. The summed E-state index contributed by atoms with van der Waals surface area (Å²) in [7, 11) is 1.91. The normalized spacial score (nSPS) is 12.7. The Balaban J connectivity index is 2.96. The zero-order chi connectivity index (χ0) is 15.6. The quantitative estimate of drug-likeness (QED) is 0.385. The van der Waals surface area contributed by atoms with Crippen molar-refractivity contribution >= 4 is 0 Å². The predicted molar refractivity (Wildman–Crippen MR) is 85.0 cm³/mol. The van der Waals surface area contributed by atoms with Gasteiger partial charge in [-0.1, -0.05) is 6.92 Å². The molecule has 0 radical (unpaired) electrons. The Labute approximate surface area is 129 Å². The van der Waals surface area contributed by atoms with Crippen LogP contribution in [0.1, 0.15) is 20.3 Å². The van der Waals surface area contributed by atoms with Gasteiger partial charge >= 0.3 is 0 Å². The topological polar surface area (TPSA) is 61.0 Å². The molecular formula is C15H34N2O4. The maximum absolute atomic E-state index is 5.46. The Hall–Kier alpha value is -0.240. The highest BCUT2D eigenvalue weighted by atomic mass is 16.6. The molecule has 0 fully saturated rings. The average Bonchev–Trinajstić information content (AvgIpc) is 2.50. The number of hydrogen-bond donors (Lipinski definition) is 2. The molecule has 0 aliphatic rings. The molecule has 0 saturated carbocycles. The minimum atomic E-state index is 0.559. The van der Waals surface area contributed by atoms with E-state index < -0.39 is 0 Å². The third kappa shape index (κ3) is 17.7. The molecule has 0 bridgehead atoms. The largest absolute Gasteiger partial charge is 0.378 e. The van der Waals surface area contributed by atoms with Crippen LogP contribution in [0.4, 0.5) is 0 Å². The first-order valence-corrected chi connectivity index (χ1v) is 8.00. The average molecular weight is 306 g/mol. The maximum Gasteiger partial charge on any atom is 0.0701 e. The molecular weight excluding hydrogens is 272 g/mol. The van der Waals surface area contributed by atoms with Gasteiger partial charge in [-0.25, -0.2) is 0 Å². The van der Waals surface area contributed by atoms with Crippen molar-refractivity contribution in [2.75, 3.05) is 73.0 Å². The Morgan fingerprint density at radius 2 is 1.14 bits per heavy atom. The van der Waals surface area contributed by atoms with E-state index in [1.165, 1.54) is 0 Å². The Bertz CT molecular complexity index is 197. The van der Waals surface area contributed by atoms with E-state index in [0.29, 0.717) is 45.7 Å². The molecule has 21 heavy (non-hydrogen) atoms. The molecule has 128 valence electrons. The molecule has 1 atom stereocenters. The van der Waals surface area contributed by atoms with Crippen molar-refractivity contribution < 1.29 is 18.9 Å². The van der Waals surface area contributed by atoms with Crippen LogP contribution in [-0.4, -0.2) is 79.0 Å². The van der Waals surface area contributed by atoms with E-state index >= 15 is 0 Å². The monoisotopic (exact) mass is 306 g/mol. The van der Waals surface area contributed by atoms with Gasteiger partial charge in [0.05, 0.1) is 52.9 Å². The number of likely N-dealkylation sites (N-methyl/N-ethyl adjacent to an activating group) is 1. The van der Waals surface area contributed by atoms with Gasteiger partial charge in [0.15, 0.2) is 0 Å². The van der Waals surface area contributed by atoms with Crippen LogP contribution < -0.4 is 10.6 Å². The van der Waals surface area contributed by atoms with E-state index in [4.69, 9.17) is 18.9 Å². The second-order valence-electron chi connectivity index (χ2n) is 4.82. The standard InChI is InChI=1S/C15H34N2O4/c1-4-15(2)17-6-8-19-10-12-21-14-13-20-11-9-18-7-5-16-3/h15-17H,4-14H2,1-3H3.